The summed E-state index contributed by atoms with van der Waals surface area (Å²) in [4.78, 5) is 2.42. The number of anilines is 1. The van der Waals surface area contributed by atoms with Crippen LogP contribution in [0.4, 0.5) is 5.69 Å². The maximum absolute atomic E-state index is 5.71. The lowest BCUT2D eigenvalue weighted by atomic mass is 10.0. The number of hydrogen-bond acceptors (Lipinski definition) is 2. The quantitative estimate of drug-likeness (QED) is 0.426. The van der Waals surface area contributed by atoms with E-state index in [0.717, 1.165) is 18.7 Å². The van der Waals surface area contributed by atoms with Gasteiger partial charge in [-0.25, -0.2) is 0 Å². The van der Waals surface area contributed by atoms with Crippen molar-refractivity contribution in [1.29, 1.82) is 0 Å². The second-order valence-corrected chi connectivity index (χ2v) is 7.28. The summed E-state index contributed by atoms with van der Waals surface area (Å²) >= 11 is 0. The molecule has 0 saturated heterocycles. The maximum Gasteiger partial charge on any atom is 0.0433 e. The first-order valence-electron chi connectivity index (χ1n) is 10.0. The van der Waals surface area contributed by atoms with Crippen molar-refractivity contribution in [2.45, 2.75) is 19.6 Å². The van der Waals surface area contributed by atoms with Crippen LogP contribution in [0.3, 0.4) is 0 Å². The van der Waals surface area contributed by atoms with E-state index in [0.29, 0.717) is 6.54 Å². The molecule has 144 valence electrons. The fourth-order valence-corrected chi connectivity index (χ4v) is 3.54. The molecule has 0 unspecified atom stereocenters. The van der Waals surface area contributed by atoms with Crippen LogP contribution in [0.15, 0.2) is 109 Å². The van der Waals surface area contributed by atoms with Crippen molar-refractivity contribution in [3.63, 3.8) is 0 Å². The summed E-state index contributed by atoms with van der Waals surface area (Å²) in [6, 6.07) is 38.6. The Balaban J connectivity index is 1.59. The summed E-state index contributed by atoms with van der Waals surface area (Å²) in [5.41, 5.74) is 13.1. The van der Waals surface area contributed by atoms with Crippen LogP contribution in [0.25, 0.3) is 11.1 Å². The molecule has 0 aliphatic carbocycles. The fraction of sp³-hybridized carbons (Fsp3) is 0.111. The van der Waals surface area contributed by atoms with Gasteiger partial charge in [-0.2, -0.15) is 0 Å². The van der Waals surface area contributed by atoms with Gasteiger partial charge in [0.25, 0.3) is 0 Å². The standard InChI is InChI=1S/C27H26N2/c28-19-22-11-13-25(14-12-22)26-15-17-27(18-16-26)29(20-23-7-3-1-4-8-23)21-24-9-5-2-6-10-24/h1-18H,19-21,28H2. The first-order chi connectivity index (χ1) is 14.3. The molecule has 2 heteroatoms. The van der Waals surface area contributed by atoms with E-state index in [9.17, 15) is 0 Å². The molecule has 2 nitrogen and oxygen atoms in total. The molecule has 4 aromatic carbocycles. The van der Waals surface area contributed by atoms with E-state index in [-0.39, 0.29) is 0 Å². The van der Waals surface area contributed by atoms with Crippen molar-refractivity contribution < 1.29 is 0 Å². The van der Waals surface area contributed by atoms with Gasteiger partial charge in [-0.05, 0) is 39.9 Å². The molecule has 4 aromatic rings. The minimum atomic E-state index is 0.577. The Morgan fingerprint density at radius 3 is 1.38 bits per heavy atom. The molecule has 0 heterocycles. The van der Waals surface area contributed by atoms with Gasteiger partial charge in [-0.3, -0.25) is 0 Å². The van der Waals surface area contributed by atoms with Crippen molar-refractivity contribution in [2.75, 3.05) is 4.90 Å². The lowest BCUT2D eigenvalue weighted by molar-refractivity contribution is 0.800. The lowest BCUT2D eigenvalue weighted by Crippen LogP contribution is -2.22. The number of rotatable bonds is 7. The van der Waals surface area contributed by atoms with Gasteiger partial charge in [-0.1, -0.05) is 97.1 Å². The van der Waals surface area contributed by atoms with Crippen molar-refractivity contribution in [3.8, 4) is 11.1 Å². The van der Waals surface area contributed by atoms with Crippen LogP contribution in [-0.2, 0) is 19.6 Å². The van der Waals surface area contributed by atoms with Crippen molar-refractivity contribution in [2.24, 2.45) is 5.73 Å². The largest absolute Gasteiger partial charge is 0.363 e. The zero-order chi connectivity index (χ0) is 19.9. The maximum atomic E-state index is 5.71. The summed E-state index contributed by atoms with van der Waals surface area (Å²) in [5, 5.41) is 0. The molecule has 0 aromatic heterocycles. The smallest absolute Gasteiger partial charge is 0.0433 e. The van der Waals surface area contributed by atoms with E-state index in [1.54, 1.807) is 0 Å². The van der Waals surface area contributed by atoms with Crippen LogP contribution >= 0.6 is 0 Å². The summed E-state index contributed by atoms with van der Waals surface area (Å²) in [5.74, 6) is 0. The van der Waals surface area contributed by atoms with Gasteiger partial charge < -0.3 is 10.6 Å². The molecule has 0 aliphatic rings. The van der Waals surface area contributed by atoms with Gasteiger partial charge in [0, 0.05) is 25.3 Å². The highest BCUT2D eigenvalue weighted by Crippen LogP contribution is 2.26. The van der Waals surface area contributed by atoms with Gasteiger partial charge in [0.05, 0.1) is 0 Å². The Bertz CT molecular complexity index is 966. The average molecular weight is 379 g/mol. The summed E-state index contributed by atoms with van der Waals surface area (Å²) in [6.45, 7) is 2.33. The summed E-state index contributed by atoms with van der Waals surface area (Å²) < 4.78 is 0. The van der Waals surface area contributed by atoms with Crippen LogP contribution in [0.2, 0.25) is 0 Å². The molecule has 29 heavy (non-hydrogen) atoms. The zero-order valence-corrected chi connectivity index (χ0v) is 16.5. The van der Waals surface area contributed by atoms with Crippen LogP contribution in [0, 0.1) is 0 Å². The SMILES string of the molecule is NCc1ccc(-c2ccc(N(Cc3ccccc3)Cc3ccccc3)cc2)cc1. The van der Waals surface area contributed by atoms with E-state index in [2.05, 4.69) is 114 Å². The Labute approximate surface area is 173 Å². The Morgan fingerprint density at radius 1 is 0.483 bits per heavy atom. The average Bonchev–Trinajstić information content (AvgIpc) is 2.80. The molecular formula is C27H26N2. The van der Waals surface area contributed by atoms with E-state index in [4.69, 9.17) is 5.73 Å². The second kappa shape index (κ2) is 9.22. The highest BCUT2D eigenvalue weighted by atomic mass is 15.1. The Morgan fingerprint density at radius 2 is 0.931 bits per heavy atom. The molecule has 0 amide bonds. The Kier molecular flexibility index (Phi) is 6.04. The molecule has 2 N–H and O–H groups in total. The summed E-state index contributed by atoms with van der Waals surface area (Å²) in [6.07, 6.45) is 0. The second-order valence-electron chi connectivity index (χ2n) is 7.28. The minimum Gasteiger partial charge on any atom is -0.363 e. The minimum absolute atomic E-state index is 0.577. The predicted molar refractivity (Wildman–Crippen MR) is 123 cm³/mol. The highest BCUT2D eigenvalue weighted by molar-refractivity contribution is 5.66. The van der Waals surface area contributed by atoms with Gasteiger partial charge in [0.15, 0.2) is 0 Å². The number of hydrogen-bond donors (Lipinski definition) is 1. The lowest BCUT2D eigenvalue weighted by Gasteiger charge is -2.25. The molecule has 0 saturated carbocycles. The normalized spacial score (nSPS) is 10.7. The third-order valence-corrected chi connectivity index (χ3v) is 5.19. The molecule has 0 bridgehead atoms. The van der Waals surface area contributed by atoms with Crippen molar-refractivity contribution in [3.05, 3.63) is 126 Å². The van der Waals surface area contributed by atoms with Crippen molar-refractivity contribution in [1.82, 2.24) is 0 Å². The van der Waals surface area contributed by atoms with Crippen LogP contribution in [-0.4, -0.2) is 0 Å². The molecule has 0 radical (unpaired) electrons. The number of nitrogens with zero attached hydrogens (tertiary/aromatic N) is 1. The van der Waals surface area contributed by atoms with Crippen LogP contribution in [0.5, 0.6) is 0 Å². The fourth-order valence-electron chi connectivity index (χ4n) is 3.54. The molecule has 0 atom stereocenters. The highest BCUT2D eigenvalue weighted by Gasteiger charge is 2.09. The van der Waals surface area contributed by atoms with E-state index in [1.807, 2.05) is 0 Å². The molecule has 0 fully saturated rings. The van der Waals surface area contributed by atoms with Crippen LogP contribution < -0.4 is 10.6 Å². The monoisotopic (exact) mass is 378 g/mol. The molecule has 0 spiro atoms. The number of nitrogens with two attached hydrogens (primary N) is 1. The first kappa shape index (κ1) is 19.0. The van der Waals surface area contributed by atoms with E-state index in [1.165, 1.54) is 27.9 Å². The first-order valence-corrected chi connectivity index (χ1v) is 10.0. The molecule has 4 rings (SSSR count). The Hall–Kier alpha value is -3.36. The zero-order valence-electron chi connectivity index (χ0n) is 16.5. The predicted octanol–water partition coefficient (Wildman–Crippen LogP) is 6.02. The third-order valence-electron chi connectivity index (χ3n) is 5.19. The topological polar surface area (TPSA) is 29.3 Å². The van der Waals surface area contributed by atoms with E-state index >= 15 is 0 Å². The van der Waals surface area contributed by atoms with Gasteiger partial charge in [-0.15, -0.1) is 0 Å². The summed E-state index contributed by atoms with van der Waals surface area (Å²) in [7, 11) is 0. The van der Waals surface area contributed by atoms with E-state index < -0.39 is 0 Å². The third kappa shape index (κ3) is 4.92. The van der Waals surface area contributed by atoms with Gasteiger partial charge in [0.2, 0.25) is 0 Å². The van der Waals surface area contributed by atoms with Crippen molar-refractivity contribution >= 4 is 5.69 Å². The molecule has 0 aliphatic heterocycles. The van der Waals surface area contributed by atoms with Crippen LogP contribution in [0.1, 0.15) is 16.7 Å². The van der Waals surface area contributed by atoms with Gasteiger partial charge in [0.1, 0.15) is 0 Å². The molecular weight excluding hydrogens is 352 g/mol. The number of benzene rings is 4. The van der Waals surface area contributed by atoms with Gasteiger partial charge >= 0.3 is 0 Å².